The number of rotatable bonds is 5. The number of sulfonamides is 1. The maximum Gasteiger partial charge on any atom is 0.293 e. The fourth-order valence-electron chi connectivity index (χ4n) is 3.88. The summed E-state index contributed by atoms with van der Waals surface area (Å²) in [6, 6.07) is 26.5. The summed E-state index contributed by atoms with van der Waals surface area (Å²) >= 11 is 0. The number of benzene rings is 3. The topological polar surface area (TPSA) is 53.0 Å². The lowest BCUT2D eigenvalue weighted by Crippen LogP contribution is -2.52. The van der Waals surface area contributed by atoms with Crippen LogP contribution in [0.1, 0.15) is 43.0 Å². The predicted octanol–water partition coefficient (Wildman–Crippen LogP) is 5.16. The van der Waals surface area contributed by atoms with Gasteiger partial charge in [-0.05, 0) is 44.0 Å². The SMILES string of the molecule is Cc1ccc(S(=O)(=O)N2N=C(c3ccccc3)CC(c3ccccc3)N2C(C)C)cc1. The maximum atomic E-state index is 13.7. The predicted molar refractivity (Wildman–Crippen MR) is 124 cm³/mol. The van der Waals surface area contributed by atoms with Gasteiger partial charge in [0.05, 0.1) is 16.6 Å². The Morgan fingerprint density at radius 3 is 2.03 bits per heavy atom. The molecule has 1 unspecified atom stereocenters. The Hall–Kier alpha value is -2.96. The summed E-state index contributed by atoms with van der Waals surface area (Å²) in [7, 11) is -3.88. The van der Waals surface area contributed by atoms with E-state index in [1.165, 1.54) is 4.52 Å². The quantitative estimate of drug-likeness (QED) is 0.558. The van der Waals surface area contributed by atoms with Crippen LogP contribution in [0.5, 0.6) is 0 Å². The Kier molecular flexibility index (Phi) is 5.94. The number of aryl methyl sites for hydroxylation is 1. The molecule has 6 heteroatoms. The monoisotopic (exact) mass is 433 g/mol. The fraction of sp³-hybridized carbons (Fsp3) is 0.240. The van der Waals surface area contributed by atoms with Gasteiger partial charge in [0, 0.05) is 12.5 Å². The van der Waals surface area contributed by atoms with E-state index in [9.17, 15) is 8.42 Å². The second kappa shape index (κ2) is 8.65. The van der Waals surface area contributed by atoms with E-state index in [0.717, 1.165) is 22.4 Å². The van der Waals surface area contributed by atoms with Gasteiger partial charge in [-0.15, -0.1) is 9.62 Å². The smallest absolute Gasteiger partial charge is 0.198 e. The van der Waals surface area contributed by atoms with Gasteiger partial charge >= 0.3 is 0 Å². The van der Waals surface area contributed by atoms with Crippen LogP contribution in [-0.4, -0.2) is 29.7 Å². The first kappa shape index (κ1) is 21.3. The highest BCUT2D eigenvalue weighted by molar-refractivity contribution is 7.89. The highest BCUT2D eigenvalue weighted by Crippen LogP contribution is 2.36. The van der Waals surface area contributed by atoms with Crippen molar-refractivity contribution in [2.75, 3.05) is 0 Å². The minimum absolute atomic E-state index is 0.0773. The van der Waals surface area contributed by atoms with Crippen LogP contribution in [0.3, 0.4) is 0 Å². The van der Waals surface area contributed by atoms with E-state index >= 15 is 0 Å². The molecule has 5 nitrogen and oxygen atoms in total. The van der Waals surface area contributed by atoms with Crippen molar-refractivity contribution in [3.8, 4) is 0 Å². The van der Waals surface area contributed by atoms with E-state index in [2.05, 4.69) is 5.10 Å². The van der Waals surface area contributed by atoms with E-state index in [0.29, 0.717) is 6.42 Å². The third-order valence-corrected chi connectivity index (χ3v) is 7.03. The van der Waals surface area contributed by atoms with Gasteiger partial charge in [0.15, 0.2) is 0 Å². The molecule has 1 heterocycles. The van der Waals surface area contributed by atoms with Gasteiger partial charge in [0.2, 0.25) is 0 Å². The zero-order chi connectivity index (χ0) is 22.0. The van der Waals surface area contributed by atoms with Gasteiger partial charge in [0.1, 0.15) is 0 Å². The highest BCUT2D eigenvalue weighted by Gasteiger charge is 2.40. The maximum absolute atomic E-state index is 13.7. The molecule has 0 N–H and O–H groups in total. The highest BCUT2D eigenvalue weighted by atomic mass is 32.2. The van der Waals surface area contributed by atoms with Gasteiger partial charge in [-0.2, -0.15) is 13.4 Å². The molecule has 1 atom stereocenters. The van der Waals surface area contributed by atoms with Crippen molar-refractivity contribution < 1.29 is 8.42 Å². The van der Waals surface area contributed by atoms with Crippen molar-refractivity contribution in [3.05, 3.63) is 102 Å². The Labute approximate surface area is 184 Å². The molecule has 0 spiro atoms. The summed E-state index contributed by atoms with van der Waals surface area (Å²) in [6.45, 7) is 5.93. The van der Waals surface area contributed by atoms with Gasteiger partial charge < -0.3 is 0 Å². The fourth-order valence-corrected chi connectivity index (χ4v) is 5.31. The zero-order valence-corrected chi connectivity index (χ0v) is 18.8. The van der Waals surface area contributed by atoms with Gasteiger partial charge in [-0.25, -0.2) is 0 Å². The van der Waals surface area contributed by atoms with Gasteiger partial charge in [0.25, 0.3) is 10.0 Å². The van der Waals surface area contributed by atoms with Crippen LogP contribution in [0.15, 0.2) is 94.9 Å². The summed E-state index contributed by atoms with van der Waals surface area (Å²) in [5, 5.41) is 6.56. The van der Waals surface area contributed by atoms with Crippen molar-refractivity contribution >= 4 is 15.7 Å². The molecule has 0 aromatic heterocycles. The molecular weight excluding hydrogens is 406 g/mol. The van der Waals surface area contributed by atoms with Crippen molar-refractivity contribution in [3.63, 3.8) is 0 Å². The molecule has 1 aliphatic rings. The van der Waals surface area contributed by atoms with Crippen molar-refractivity contribution in [1.82, 2.24) is 9.53 Å². The Balaban J connectivity index is 1.89. The van der Waals surface area contributed by atoms with Crippen LogP contribution in [0.2, 0.25) is 0 Å². The molecule has 0 saturated heterocycles. The number of nitrogens with zero attached hydrogens (tertiary/aromatic N) is 3. The van der Waals surface area contributed by atoms with Crippen molar-refractivity contribution in [2.24, 2.45) is 5.10 Å². The molecule has 0 aliphatic carbocycles. The number of hydrazine groups is 1. The largest absolute Gasteiger partial charge is 0.293 e. The standard InChI is InChI=1S/C25H27N3O2S/c1-19(2)27-25(22-12-8-5-9-13-22)18-24(21-10-6-4-7-11-21)26-28(27)31(29,30)23-16-14-20(3)15-17-23/h4-17,19,25H,18H2,1-3H3. The summed E-state index contributed by atoms with van der Waals surface area (Å²) in [4.78, 5) is 0.230. The molecule has 31 heavy (non-hydrogen) atoms. The van der Waals surface area contributed by atoms with Crippen LogP contribution in [0.25, 0.3) is 0 Å². The minimum atomic E-state index is -3.88. The number of hydrogen-bond donors (Lipinski definition) is 0. The average molecular weight is 434 g/mol. The second-order valence-electron chi connectivity index (χ2n) is 8.06. The van der Waals surface area contributed by atoms with Crippen molar-refractivity contribution in [1.29, 1.82) is 0 Å². The first-order valence-electron chi connectivity index (χ1n) is 10.5. The molecule has 0 fully saturated rings. The molecular formula is C25H27N3O2S. The van der Waals surface area contributed by atoms with Crippen LogP contribution in [0.4, 0.5) is 0 Å². The molecule has 4 rings (SSSR count). The molecule has 160 valence electrons. The molecule has 0 saturated carbocycles. The summed E-state index contributed by atoms with van der Waals surface area (Å²) < 4.78 is 28.7. The van der Waals surface area contributed by atoms with Crippen LogP contribution in [0, 0.1) is 6.92 Å². The average Bonchev–Trinajstić information content (AvgIpc) is 2.79. The molecule has 1 aliphatic heterocycles. The zero-order valence-electron chi connectivity index (χ0n) is 18.0. The Morgan fingerprint density at radius 1 is 0.871 bits per heavy atom. The molecule has 0 amide bonds. The lowest BCUT2D eigenvalue weighted by Gasteiger charge is -2.43. The number of hydrazone groups is 1. The Morgan fingerprint density at radius 2 is 1.45 bits per heavy atom. The summed E-state index contributed by atoms with van der Waals surface area (Å²) in [5.74, 6) is 0. The lowest BCUT2D eigenvalue weighted by molar-refractivity contribution is -0.0247. The first-order valence-corrected chi connectivity index (χ1v) is 11.9. The normalized spacial score (nSPS) is 17.6. The van der Waals surface area contributed by atoms with Crippen molar-refractivity contribution in [2.45, 2.75) is 44.2 Å². The van der Waals surface area contributed by atoms with Crippen LogP contribution >= 0.6 is 0 Å². The first-order chi connectivity index (χ1) is 14.9. The third kappa shape index (κ3) is 4.27. The van der Waals surface area contributed by atoms with E-state index in [1.54, 1.807) is 12.1 Å². The second-order valence-corrected chi connectivity index (χ2v) is 9.81. The van der Waals surface area contributed by atoms with Gasteiger partial charge in [-0.3, -0.25) is 0 Å². The third-order valence-electron chi connectivity index (χ3n) is 5.46. The molecule has 0 bridgehead atoms. The molecule has 0 radical (unpaired) electrons. The molecule has 3 aromatic carbocycles. The van der Waals surface area contributed by atoms with E-state index in [-0.39, 0.29) is 17.0 Å². The minimum Gasteiger partial charge on any atom is -0.198 e. The van der Waals surface area contributed by atoms with Gasteiger partial charge in [-0.1, -0.05) is 78.4 Å². The summed E-state index contributed by atoms with van der Waals surface area (Å²) in [5.41, 5.74) is 3.75. The van der Waals surface area contributed by atoms with E-state index < -0.39 is 10.0 Å². The molecule has 3 aromatic rings. The summed E-state index contributed by atoms with van der Waals surface area (Å²) in [6.07, 6.45) is 0.617. The lowest BCUT2D eigenvalue weighted by atomic mass is 9.95. The van der Waals surface area contributed by atoms with Crippen LogP contribution < -0.4 is 0 Å². The van der Waals surface area contributed by atoms with E-state index in [4.69, 9.17) is 0 Å². The number of hydrogen-bond acceptors (Lipinski definition) is 4. The van der Waals surface area contributed by atoms with Crippen LogP contribution in [-0.2, 0) is 10.0 Å². The Bertz CT molecular complexity index is 1160. The van der Waals surface area contributed by atoms with E-state index in [1.807, 2.05) is 98.6 Å².